The first-order valence-electron chi connectivity index (χ1n) is 7.98. The second kappa shape index (κ2) is 5.99. The van der Waals surface area contributed by atoms with E-state index in [1.807, 2.05) is 69.3 Å². The van der Waals surface area contributed by atoms with Crippen LogP contribution in [0.2, 0.25) is 0 Å². The molecular weight excluding hydrogens is 286 g/mol. The molecule has 0 bridgehead atoms. The second-order valence-corrected chi connectivity index (χ2v) is 6.37. The number of anilines is 1. The maximum Gasteiger partial charge on any atom is 0.238 e. The SMILES string of the molecule is Cc1ccc(C)c(N2C(=O)C[C@@H]([C@@H](C)c3ccccc3)C2=O)c1. The molecule has 2 aromatic carbocycles. The molecule has 2 atom stereocenters. The van der Waals surface area contributed by atoms with Crippen molar-refractivity contribution in [2.75, 3.05) is 4.90 Å². The van der Waals surface area contributed by atoms with Crippen molar-refractivity contribution in [2.45, 2.75) is 33.1 Å². The van der Waals surface area contributed by atoms with E-state index in [1.165, 1.54) is 4.90 Å². The van der Waals surface area contributed by atoms with Crippen molar-refractivity contribution in [3.8, 4) is 0 Å². The first-order valence-corrected chi connectivity index (χ1v) is 7.98. The van der Waals surface area contributed by atoms with Gasteiger partial charge in [-0.15, -0.1) is 0 Å². The lowest BCUT2D eigenvalue weighted by Crippen LogP contribution is -2.32. The molecular formula is C20H21NO2. The summed E-state index contributed by atoms with van der Waals surface area (Å²) >= 11 is 0. The summed E-state index contributed by atoms with van der Waals surface area (Å²) in [4.78, 5) is 26.8. The Hall–Kier alpha value is -2.42. The fraction of sp³-hybridized carbons (Fsp3) is 0.300. The van der Waals surface area contributed by atoms with Crippen LogP contribution in [-0.2, 0) is 9.59 Å². The average molecular weight is 307 g/mol. The zero-order valence-electron chi connectivity index (χ0n) is 13.7. The Balaban J connectivity index is 1.93. The summed E-state index contributed by atoms with van der Waals surface area (Å²) in [6, 6.07) is 15.8. The van der Waals surface area contributed by atoms with Crippen molar-refractivity contribution in [1.82, 2.24) is 0 Å². The molecule has 1 heterocycles. The molecule has 1 aliphatic heterocycles. The predicted molar refractivity (Wildman–Crippen MR) is 91.4 cm³/mol. The monoisotopic (exact) mass is 307 g/mol. The average Bonchev–Trinajstić information content (AvgIpc) is 2.85. The lowest BCUT2D eigenvalue weighted by Gasteiger charge is -2.20. The third-order valence-corrected chi connectivity index (χ3v) is 4.72. The minimum Gasteiger partial charge on any atom is -0.274 e. The summed E-state index contributed by atoms with van der Waals surface area (Å²) in [6.07, 6.45) is 0.280. The van der Waals surface area contributed by atoms with E-state index in [2.05, 4.69) is 0 Å². The molecule has 3 heteroatoms. The van der Waals surface area contributed by atoms with Gasteiger partial charge in [0.15, 0.2) is 0 Å². The molecule has 0 aliphatic carbocycles. The Morgan fingerprint density at radius 2 is 1.74 bits per heavy atom. The molecule has 2 amide bonds. The van der Waals surface area contributed by atoms with Gasteiger partial charge in [0, 0.05) is 6.42 Å². The van der Waals surface area contributed by atoms with Crippen molar-refractivity contribution in [3.63, 3.8) is 0 Å². The van der Waals surface area contributed by atoms with Crippen LogP contribution in [0.25, 0.3) is 0 Å². The summed E-state index contributed by atoms with van der Waals surface area (Å²) in [6.45, 7) is 5.93. The number of aryl methyl sites for hydroxylation is 2. The van der Waals surface area contributed by atoms with Crippen LogP contribution in [0.15, 0.2) is 48.5 Å². The van der Waals surface area contributed by atoms with E-state index in [9.17, 15) is 9.59 Å². The van der Waals surface area contributed by atoms with Gasteiger partial charge in [0.25, 0.3) is 0 Å². The van der Waals surface area contributed by atoms with E-state index < -0.39 is 0 Å². The number of imide groups is 1. The highest BCUT2D eigenvalue weighted by Crippen LogP contribution is 2.36. The third kappa shape index (κ3) is 2.79. The molecule has 3 rings (SSSR count). The van der Waals surface area contributed by atoms with Crippen molar-refractivity contribution in [3.05, 3.63) is 65.2 Å². The van der Waals surface area contributed by atoms with Crippen molar-refractivity contribution >= 4 is 17.5 Å². The van der Waals surface area contributed by atoms with E-state index in [-0.39, 0.29) is 30.1 Å². The highest BCUT2D eigenvalue weighted by atomic mass is 16.2. The topological polar surface area (TPSA) is 37.4 Å². The van der Waals surface area contributed by atoms with Crippen molar-refractivity contribution in [2.24, 2.45) is 5.92 Å². The zero-order chi connectivity index (χ0) is 16.6. The van der Waals surface area contributed by atoms with Gasteiger partial charge >= 0.3 is 0 Å². The molecule has 0 aromatic heterocycles. The van der Waals surface area contributed by atoms with Gasteiger partial charge in [-0.2, -0.15) is 0 Å². The minimum atomic E-state index is -0.287. The highest BCUT2D eigenvalue weighted by molar-refractivity contribution is 6.21. The van der Waals surface area contributed by atoms with Crippen LogP contribution in [0.1, 0.15) is 36.0 Å². The standard InChI is InChI=1S/C20H21NO2/c1-13-9-10-14(2)18(11-13)21-19(22)12-17(20(21)23)15(3)16-7-5-4-6-8-16/h4-11,15,17H,12H2,1-3H3/t15-,17-/m0/s1. The fourth-order valence-corrected chi connectivity index (χ4v) is 3.25. The second-order valence-electron chi connectivity index (χ2n) is 6.37. The number of nitrogens with zero attached hydrogens (tertiary/aromatic N) is 1. The largest absolute Gasteiger partial charge is 0.274 e. The van der Waals surface area contributed by atoms with E-state index in [0.717, 1.165) is 22.4 Å². The Labute approximate surface area is 136 Å². The van der Waals surface area contributed by atoms with E-state index in [1.54, 1.807) is 0 Å². The number of hydrogen-bond donors (Lipinski definition) is 0. The molecule has 3 nitrogen and oxygen atoms in total. The quantitative estimate of drug-likeness (QED) is 0.804. The third-order valence-electron chi connectivity index (χ3n) is 4.72. The number of carbonyl (C=O) groups excluding carboxylic acids is 2. The lowest BCUT2D eigenvalue weighted by molar-refractivity contribution is -0.122. The number of rotatable bonds is 3. The number of amides is 2. The first-order chi connectivity index (χ1) is 11.0. The van der Waals surface area contributed by atoms with Crippen LogP contribution in [0, 0.1) is 19.8 Å². The molecule has 0 N–H and O–H groups in total. The molecule has 23 heavy (non-hydrogen) atoms. The van der Waals surface area contributed by atoms with Crippen LogP contribution in [-0.4, -0.2) is 11.8 Å². The minimum absolute atomic E-state index is 0.0303. The molecule has 0 radical (unpaired) electrons. The van der Waals surface area contributed by atoms with Crippen LogP contribution in [0.5, 0.6) is 0 Å². The van der Waals surface area contributed by atoms with Gasteiger partial charge in [-0.25, -0.2) is 0 Å². The number of benzene rings is 2. The lowest BCUT2D eigenvalue weighted by atomic mass is 9.86. The van der Waals surface area contributed by atoms with Gasteiger partial charge in [-0.3, -0.25) is 14.5 Å². The Bertz CT molecular complexity index is 751. The summed E-state index contributed by atoms with van der Waals surface area (Å²) < 4.78 is 0. The van der Waals surface area contributed by atoms with Gasteiger partial charge in [-0.05, 0) is 42.5 Å². The molecule has 1 saturated heterocycles. The molecule has 0 saturated carbocycles. The van der Waals surface area contributed by atoms with Gasteiger partial charge in [-0.1, -0.05) is 49.4 Å². The first kappa shape index (κ1) is 15.5. The molecule has 0 unspecified atom stereocenters. The van der Waals surface area contributed by atoms with Crippen molar-refractivity contribution < 1.29 is 9.59 Å². The zero-order valence-corrected chi connectivity index (χ0v) is 13.7. The predicted octanol–water partition coefficient (Wildman–Crippen LogP) is 3.99. The van der Waals surface area contributed by atoms with Gasteiger partial charge in [0.2, 0.25) is 11.8 Å². The maximum absolute atomic E-state index is 12.9. The maximum atomic E-state index is 12.9. The Kier molecular flexibility index (Phi) is 4.03. The summed E-state index contributed by atoms with van der Waals surface area (Å²) in [5.74, 6) is -0.441. The molecule has 118 valence electrons. The summed E-state index contributed by atoms with van der Waals surface area (Å²) in [5.41, 5.74) is 3.82. The molecule has 1 fully saturated rings. The summed E-state index contributed by atoms with van der Waals surface area (Å²) in [7, 11) is 0. The Morgan fingerprint density at radius 1 is 1.04 bits per heavy atom. The van der Waals surface area contributed by atoms with E-state index >= 15 is 0 Å². The number of hydrogen-bond acceptors (Lipinski definition) is 2. The van der Waals surface area contributed by atoms with Crippen LogP contribution < -0.4 is 4.90 Å². The van der Waals surface area contributed by atoms with Crippen molar-refractivity contribution in [1.29, 1.82) is 0 Å². The normalized spacial score (nSPS) is 19.3. The van der Waals surface area contributed by atoms with Crippen LogP contribution in [0.3, 0.4) is 0 Å². The van der Waals surface area contributed by atoms with Gasteiger partial charge in [0.05, 0.1) is 11.6 Å². The smallest absolute Gasteiger partial charge is 0.238 e. The van der Waals surface area contributed by atoms with E-state index in [4.69, 9.17) is 0 Å². The molecule has 2 aromatic rings. The Morgan fingerprint density at radius 3 is 2.43 bits per heavy atom. The van der Waals surface area contributed by atoms with E-state index in [0.29, 0.717) is 0 Å². The molecule has 1 aliphatic rings. The number of carbonyl (C=O) groups is 2. The van der Waals surface area contributed by atoms with Crippen LogP contribution >= 0.6 is 0 Å². The van der Waals surface area contributed by atoms with Gasteiger partial charge in [0.1, 0.15) is 0 Å². The molecule has 0 spiro atoms. The summed E-state index contributed by atoms with van der Waals surface area (Å²) in [5, 5.41) is 0. The fourth-order valence-electron chi connectivity index (χ4n) is 3.25. The highest BCUT2D eigenvalue weighted by Gasteiger charge is 2.42. The van der Waals surface area contributed by atoms with Crippen LogP contribution in [0.4, 0.5) is 5.69 Å². The van der Waals surface area contributed by atoms with Gasteiger partial charge < -0.3 is 0 Å².